The zero-order valence-corrected chi connectivity index (χ0v) is 13.6. The third kappa shape index (κ3) is 3.50. The van der Waals surface area contributed by atoms with Gasteiger partial charge in [0.05, 0.1) is 11.7 Å². The molecule has 0 spiro atoms. The molecule has 21 heavy (non-hydrogen) atoms. The largest absolute Gasteiger partial charge is 0.330 e. The molecule has 1 heterocycles. The summed E-state index contributed by atoms with van der Waals surface area (Å²) < 4.78 is 2.24. The van der Waals surface area contributed by atoms with Gasteiger partial charge in [-0.05, 0) is 56.0 Å². The predicted molar refractivity (Wildman–Crippen MR) is 87.2 cm³/mol. The summed E-state index contributed by atoms with van der Waals surface area (Å²) in [6, 6.07) is 2.89. The monoisotopic (exact) mass is 289 g/mol. The first kappa shape index (κ1) is 15.1. The molecule has 1 aromatic heterocycles. The molecule has 0 radical (unpaired) electrons. The highest BCUT2D eigenvalue weighted by molar-refractivity contribution is 5.05. The van der Waals surface area contributed by atoms with Crippen molar-refractivity contribution in [1.82, 2.24) is 9.78 Å². The molecule has 3 rings (SSSR count). The zero-order chi connectivity index (χ0) is 14.7. The minimum absolute atomic E-state index is 0.309. The van der Waals surface area contributed by atoms with Crippen LogP contribution in [0, 0.1) is 11.3 Å². The van der Waals surface area contributed by atoms with Crippen LogP contribution in [0.4, 0.5) is 0 Å². The van der Waals surface area contributed by atoms with Crippen LogP contribution in [0.2, 0.25) is 0 Å². The Hall–Kier alpha value is -0.830. The van der Waals surface area contributed by atoms with E-state index in [0.29, 0.717) is 11.5 Å². The van der Waals surface area contributed by atoms with E-state index in [1.54, 1.807) is 0 Å². The van der Waals surface area contributed by atoms with Crippen LogP contribution < -0.4 is 5.73 Å². The minimum atomic E-state index is 0.309. The molecule has 118 valence electrons. The quantitative estimate of drug-likeness (QED) is 0.907. The summed E-state index contributed by atoms with van der Waals surface area (Å²) in [5, 5.41) is 4.91. The average molecular weight is 289 g/mol. The third-order valence-corrected chi connectivity index (χ3v) is 5.79. The summed E-state index contributed by atoms with van der Waals surface area (Å²) in [6.45, 7) is 3.19. The van der Waals surface area contributed by atoms with Crippen LogP contribution in [0.3, 0.4) is 0 Å². The molecule has 1 aromatic rings. The molecule has 0 aromatic carbocycles. The number of nitrogens with zero attached hydrogens (tertiary/aromatic N) is 2. The maximum absolute atomic E-state index is 6.16. The molecule has 2 aliphatic rings. The SMILES string of the molecule is CC1CCCC(CN)(Cc2ccn(C3CCCCC3)n2)C1. The van der Waals surface area contributed by atoms with Crippen molar-refractivity contribution in [3.8, 4) is 0 Å². The van der Waals surface area contributed by atoms with Gasteiger partial charge in [0.2, 0.25) is 0 Å². The second-order valence-electron chi connectivity index (χ2n) is 7.66. The van der Waals surface area contributed by atoms with E-state index in [0.717, 1.165) is 18.9 Å². The lowest BCUT2D eigenvalue weighted by Gasteiger charge is -2.39. The summed E-state index contributed by atoms with van der Waals surface area (Å²) >= 11 is 0. The molecule has 2 aliphatic carbocycles. The molecule has 2 atom stereocenters. The van der Waals surface area contributed by atoms with Gasteiger partial charge in [-0.15, -0.1) is 0 Å². The number of hydrogen-bond donors (Lipinski definition) is 1. The van der Waals surface area contributed by atoms with Crippen molar-refractivity contribution in [1.29, 1.82) is 0 Å². The number of nitrogens with two attached hydrogens (primary N) is 1. The smallest absolute Gasteiger partial charge is 0.0630 e. The van der Waals surface area contributed by atoms with Gasteiger partial charge in [0, 0.05) is 6.20 Å². The molecule has 2 unspecified atom stereocenters. The average Bonchev–Trinajstić information content (AvgIpc) is 2.96. The van der Waals surface area contributed by atoms with Gasteiger partial charge in [-0.1, -0.05) is 39.0 Å². The first-order valence-electron chi connectivity index (χ1n) is 8.95. The number of rotatable bonds is 4. The molecule has 0 aliphatic heterocycles. The lowest BCUT2D eigenvalue weighted by atomic mass is 9.68. The standard InChI is InChI=1S/C18H31N3/c1-15-6-5-10-18(12-15,14-19)13-16-9-11-21(20-16)17-7-3-2-4-8-17/h9,11,15,17H,2-8,10,12-14,19H2,1H3. The molecular weight excluding hydrogens is 258 g/mol. The van der Waals surface area contributed by atoms with Crippen LogP contribution in [-0.4, -0.2) is 16.3 Å². The fourth-order valence-corrected chi connectivity index (χ4v) is 4.59. The first-order valence-corrected chi connectivity index (χ1v) is 8.95. The van der Waals surface area contributed by atoms with Gasteiger partial charge in [0.25, 0.3) is 0 Å². The lowest BCUT2D eigenvalue weighted by molar-refractivity contribution is 0.152. The molecule has 3 heteroatoms. The highest BCUT2D eigenvalue weighted by Gasteiger charge is 2.34. The van der Waals surface area contributed by atoms with Crippen molar-refractivity contribution < 1.29 is 0 Å². The summed E-state index contributed by atoms with van der Waals surface area (Å²) in [7, 11) is 0. The highest BCUT2D eigenvalue weighted by atomic mass is 15.3. The van der Waals surface area contributed by atoms with E-state index in [9.17, 15) is 0 Å². The molecular formula is C18H31N3. The number of hydrogen-bond acceptors (Lipinski definition) is 2. The Morgan fingerprint density at radius 3 is 2.76 bits per heavy atom. The lowest BCUT2D eigenvalue weighted by Crippen LogP contribution is -2.37. The van der Waals surface area contributed by atoms with E-state index in [-0.39, 0.29) is 0 Å². The molecule has 0 amide bonds. The van der Waals surface area contributed by atoms with Gasteiger partial charge in [0.1, 0.15) is 0 Å². The van der Waals surface area contributed by atoms with Gasteiger partial charge in [0.15, 0.2) is 0 Å². The fourth-order valence-electron chi connectivity index (χ4n) is 4.59. The van der Waals surface area contributed by atoms with E-state index in [2.05, 4.69) is 23.9 Å². The van der Waals surface area contributed by atoms with Crippen LogP contribution in [-0.2, 0) is 6.42 Å². The van der Waals surface area contributed by atoms with Crippen LogP contribution >= 0.6 is 0 Å². The summed E-state index contributed by atoms with van der Waals surface area (Å²) in [5.41, 5.74) is 7.74. The predicted octanol–water partition coefficient (Wildman–Crippen LogP) is 4.09. The van der Waals surface area contributed by atoms with Crippen molar-refractivity contribution in [2.45, 2.75) is 77.2 Å². The Kier molecular flexibility index (Phi) is 4.68. The molecule has 2 fully saturated rings. The maximum Gasteiger partial charge on any atom is 0.0630 e. The molecule has 2 N–H and O–H groups in total. The minimum Gasteiger partial charge on any atom is -0.330 e. The van der Waals surface area contributed by atoms with E-state index in [1.165, 1.54) is 63.5 Å². The molecule has 3 nitrogen and oxygen atoms in total. The molecule has 2 saturated carbocycles. The Morgan fingerprint density at radius 1 is 1.24 bits per heavy atom. The Bertz CT molecular complexity index is 447. The second kappa shape index (κ2) is 6.51. The summed E-state index contributed by atoms with van der Waals surface area (Å²) in [4.78, 5) is 0. The van der Waals surface area contributed by atoms with Crippen molar-refractivity contribution >= 4 is 0 Å². The second-order valence-corrected chi connectivity index (χ2v) is 7.66. The van der Waals surface area contributed by atoms with Gasteiger partial charge in [-0.2, -0.15) is 5.10 Å². The fraction of sp³-hybridized carbons (Fsp3) is 0.833. The van der Waals surface area contributed by atoms with Crippen LogP contribution in [0.15, 0.2) is 12.3 Å². The van der Waals surface area contributed by atoms with Crippen LogP contribution in [0.5, 0.6) is 0 Å². The topological polar surface area (TPSA) is 43.8 Å². The maximum atomic E-state index is 6.16. The Morgan fingerprint density at radius 2 is 2.05 bits per heavy atom. The Balaban J connectivity index is 1.67. The third-order valence-electron chi connectivity index (χ3n) is 5.79. The van der Waals surface area contributed by atoms with Gasteiger partial charge < -0.3 is 5.73 Å². The van der Waals surface area contributed by atoms with Crippen molar-refractivity contribution in [2.75, 3.05) is 6.54 Å². The summed E-state index contributed by atoms with van der Waals surface area (Å²) in [6.07, 6.45) is 15.3. The Labute approximate surface area is 129 Å². The normalized spacial score (nSPS) is 31.4. The summed E-state index contributed by atoms with van der Waals surface area (Å²) in [5.74, 6) is 0.822. The van der Waals surface area contributed by atoms with E-state index in [1.807, 2.05) is 0 Å². The van der Waals surface area contributed by atoms with Crippen molar-refractivity contribution in [3.05, 3.63) is 18.0 Å². The van der Waals surface area contributed by atoms with Crippen LogP contribution in [0.25, 0.3) is 0 Å². The van der Waals surface area contributed by atoms with Crippen molar-refractivity contribution in [3.63, 3.8) is 0 Å². The zero-order valence-electron chi connectivity index (χ0n) is 13.6. The first-order chi connectivity index (χ1) is 10.2. The van der Waals surface area contributed by atoms with Gasteiger partial charge in [-0.3, -0.25) is 4.68 Å². The van der Waals surface area contributed by atoms with E-state index < -0.39 is 0 Å². The van der Waals surface area contributed by atoms with E-state index >= 15 is 0 Å². The van der Waals surface area contributed by atoms with Crippen molar-refractivity contribution in [2.24, 2.45) is 17.1 Å². The van der Waals surface area contributed by atoms with Gasteiger partial charge >= 0.3 is 0 Å². The van der Waals surface area contributed by atoms with E-state index in [4.69, 9.17) is 10.8 Å². The molecule has 0 bridgehead atoms. The van der Waals surface area contributed by atoms with Gasteiger partial charge in [-0.25, -0.2) is 0 Å². The van der Waals surface area contributed by atoms with Crippen LogP contribution in [0.1, 0.15) is 76.4 Å². The highest BCUT2D eigenvalue weighted by Crippen LogP contribution is 2.41. The molecule has 0 saturated heterocycles. The number of aromatic nitrogens is 2.